The normalized spacial score (nSPS) is 13.2. The monoisotopic (exact) mass is 224 g/mol. The minimum absolute atomic E-state index is 0.0694. The number of hydrogen-bond donors (Lipinski definition) is 0. The first-order chi connectivity index (χ1) is 5.77. The van der Waals surface area contributed by atoms with Crippen LogP contribution in [-0.4, -0.2) is 28.9 Å². The third-order valence-corrected chi connectivity index (χ3v) is 4.77. The average molecular weight is 224 g/mol. The van der Waals surface area contributed by atoms with E-state index < -0.39 is 18.2 Å². The summed E-state index contributed by atoms with van der Waals surface area (Å²) in [5.41, 5.74) is 0. The molecule has 0 saturated heterocycles. The van der Waals surface area contributed by atoms with E-state index in [-0.39, 0.29) is 5.75 Å². The predicted octanol–water partition coefficient (Wildman–Crippen LogP) is 2.08. The van der Waals surface area contributed by atoms with Crippen molar-refractivity contribution in [2.24, 2.45) is 0 Å². The van der Waals surface area contributed by atoms with Gasteiger partial charge in [-0.25, -0.2) is 0 Å². The lowest BCUT2D eigenvalue weighted by Crippen LogP contribution is -2.20. The van der Waals surface area contributed by atoms with Gasteiger partial charge in [0.25, 0.3) is 10.1 Å². The van der Waals surface area contributed by atoms with E-state index in [1.807, 2.05) is 0 Å². The lowest BCUT2D eigenvalue weighted by atomic mass is 10.5. The molecule has 0 aliphatic carbocycles. The van der Waals surface area contributed by atoms with Crippen LogP contribution in [0.3, 0.4) is 0 Å². The molecule has 0 unspecified atom stereocenters. The zero-order valence-electron chi connectivity index (χ0n) is 8.96. The fourth-order valence-corrected chi connectivity index (χ4v) is 2.62. The molecule has 5 heteroatoms. The molecule has 0 heterocycles. The average Bonchev–Trinajstić information content (AvgIpc) is 1.97. The highest BCUT2D eigenvalue weighted by atomic mass is 32.2. The molecule has 0 N–H and O–H groups in total. The van der Waals surface area contributed by atoms with Gasteiger partial charge in [-0.15, -0.1) is 0 Å². The Morgan fingerprint density at radius 3 is 2.15 bits per heavy atom. The van der Waals surface area contributed by atoms with Crippen molar-refractivity contribution in [1.82, 2.24) is 0 Å². The molecule has 0 aromatic heterocycles. The first kappa shape index (κ1) is 13.1. The molecular weight excluding hydrogens is 204 g/mol. The molecule has 0 rings (SSSR count). The van der Waals surface area contributed by atoms with Gasteiger partial charge in [0.2, 0.25) is 0 Å². The van der Waals surface area contributed by atoms with Gasteiger partial charge in [0.15, 0.2) is 0 Å². The molecule has 0 aliphatic rings. The van der Waals surface area contributed by atoms with Crippen molar-refractivity contribution >= 4 is 18.2 Å². The first-order valence-corrected chi connectivity index (χ1v) is 9.92. The first-order valence-electron chi connectivity index (χ1n) is 4.64. The van der Waals surface area contributed by atoms with E-state index in [2.05, 4.69) is 19.6 Å². The molecule has 0 aromatic rings. The highest BCUT2D eigenvalue weighted by molar-refractivity contribution is 7.86. The smallest absolute Gasteiger partial charge is 0.267 e. The second kappa shape index (κ2) is 5.12. The van der Waals surface area contributed by atoms with Gasteiger partial charge in [0.1, 0.15) is 0 Å². The van der Waals surface area contributed by atoms with Gasteiger partial charge in [-0.1, -0.05) is 25.7 Å². The van der Waals surface area contributed by atoms with Gasteiger partial charge in [0, 0.05) is 8.07 Å². The third-order valence-electron chi connectivity index (χ3n) is 1.69. The molecule has 0 aromatic carbocycles. The summed E-state index contributed by atoms with van der Waals surface area (Å²) in [5.74, 6) is 0.0694. The largest absolute Gasteiger partial charge is 0.270 e. The van der Waals surface area contributed by atoms with E-state index in [4.69, 9.17) is 4.18 Å². The van der Waals surface area contributed by atoms with Crippen LogP contribution in [-0.2, 0) is 14.3 Å². The molecule has 0 radical (unpaired) electrons. The fourth-order valence-electron chi connectivity index (χ4n) is 0.872. The second-order valence-electron chi connectivity index (χ2n) is 4.33. The Balaban J connectivity index is 3.59. The van der Waals surface area contributed by atoms with Crippen LogP contribution in [0.4, 0.5) is 0 Å². The van der Waals surface area contributed by atoms with Crippen LogP contribution in [0.25, 0.3) is 0 Å². The standard InChI is InChI=1S/C8H20O3SSi/c1-5-12(9,10)11-7-6-8-13(2,3)4/h5-8H2,1-4H3. The van der Waals surface area contributed by atoms with Crippen molar-refractivity contribution in [2.45, 2.75) is 39.0 Å². The van der Waals surface area contributed by atoms with Crippen LogP contribution < -0.4 is 0 Å². The lowest BCUT2D eigenvalue weighted by molar-refractivity contribution is 0.318. The Hall–Kier alpha value is 0.127. The van der Waals surface area contributed by atoms with Crippen molar-refractivity contribution in [3.8, 4) is 0 Å². The van der Waals surface area contributed by atoms with Gasteiger partial charge < -0.3 is 0 Å². The van der Waals surface area contributed by atoms with Gasteiger partial charge in [-0.05, 0) is 13.3 Å². The molecule has 0 atom stereocenters. The van der Waals surface area contributed by atoms with E-state index in [1.165, 1.54) is 0 Å². The number of hydrogen-bond acceptors (Lipinski definition) is 3. The third kappa shape index (κ3) is 8.46. The summed E-state index contributed by atoms with van der Waals surface area (Å²) in [5, 5.41) is 0. The molecule has 80 valence electrons. The summed E-state index contributed by atoms with van der Waals surface area (Å²) in [6, 6.07) is 1.12. The van der Waals surface area contributed by atoms with E-state index in [9.17, 15) is 8.42 Å². The van der Waals surface area contributed by atoms with Crippen molar-refractivity contribution in [1.29, 1.82) is 0 Å². The molecule has 0 spiro atoms. The summed E-state index contributed by atoms with van der Waals surface area (Å²) in [6.45, 7) is 8.73. The van der Waals surface area contributed by atoms with Gasteiger partial charge >= 0.3 is 0 Å². The van der Waals surface area contributed by atoms with Crippen LogP contribution in [0.5, 0.6) is 0 Å². The molecule has 0 fully saturated rings. The predicted molar refractivity (Wildman–Crippen MR) is 58.2 cm³/mol. The Morgan fingerprint density at radius 2 is 1.77 bits per heavy atom. The van der Waals surface area contributed by atoms with Gasteiger partial charge in [-0.3, -0.25) is 4.18 Å². The summed E-state index contributed by atoms with van der Waals surface area (Å²) in [6.07, 6.45) is 0.856. The zero-order chi connectivity index (χ0) is 10.5. The molecule has 3 nitrogen and oxygen atoms in total. The van der Waals surface area contributed by atoms with Gasteiger partial charge in [-0.2, -0.15) is 8.42 Å². The molecule has 0 amide bonds. The SMILES string of the molecule is CCS(=O)(=O)OCCC[Si](C)(C)C. The fraction of sp³-hybridized carbons (Fsp3) is 1.00. The summed E-state index contributed by atoms with van der Waals surface area (Å²) in [7, 11) is -4.26. The van der Waals surface area contributed by atoms with Crippen molar-refractivity contribution in [3.05, 3.63) is 0 Å². The summed E-state index contributed by atoms with van der Waals surface area (Å²) in [4.78, 5) is 0. The molecule has 0 bridgehead atoms. The Kier molecular flexibility index (Phi) is 5.17. The van der Waals surface area contributed by atoms with E-state index in [0.717, 1.165) is 12.5 Å². The van der Waals surface area contributed by atoms with Crippen molar-refractivity contribution in [2.75, 3.05) is 12.4 Å². The highest BCUT2D eigenvalue weighted by Crippen LogP contribution is 2.11. The van der Waals surface area contributed by atoms with Gasteiger partial charge in [0.05, 0.1) is 12.4 Å². The maximum atomic E-state index is 10.9. The maximum Gasteiger partial charge on any atom is 0.267 e. The van der Waals surface area contributed by atoms with E-state index in [0.29, 0.717) is 6.61 Å². The van der Waals surface area contributed by atoms with Crippen LogP contribution in [0, 0.1) is 0 Å². The Morgan fingerprint density at radius 1 is 1.23 bits per heavy atom. The maximum absolute atomic E-state index is 10.9. The van der Waals surface area contributed by atoms with Crippen LogP contribution in [0.15, 0.2) is 0 Å². The molecule has 0 saturated carbocycles. The van der Waals surface area contributed by atoms with Crippen LogP contribution >= 0.6 is 0 Å². The van der Waals surface area contributed by atoms with Crippen molar-refractivity contribution < 1.29 is 12.6 Å². The lowest BCUT2D eigenvalue weighted by Gasteiger charge is -2.14. The zero-order valence-corrected chi connectivity index (χ0v) is 10.8. The quantitative estimate of drug-likeness (QED) is 0.394. The van der Waals surface area contributed by atoms with Crippen LogP contribution in [0.1, 0.15) is 13.3 Å². The summed E-state index contributed by atoms with van der Waals surface area (Å²) >= 11 is 0. The topological polar surface area (TPSA) is 43.4 Å². The second-order valence-corrected chi connectivity index (χ2v) is 11.9. The van der Waals surface area contributed by atoms with E-state index in [1.54, 1.807) is 6.92 Å². The molecular formula is C8H20O3SSi. The molecule has 13 heavy (non-hydrogen) atoms. The minimum Gasteiger partial charge on any atom is -0.270 e. The summed E-state index contributed by atoms with van der Waals surface area (Å²) < 4.78 is 26.6. The number of rotatable bonds is 6. The van der Waals surface area contributed by atoms with Crippen LogP contribution in [0.2, 0.25) is 25.7 Å². The Bertz CT molecular complexity index is 228. The Labute approximate surface area is 82.6 Å². The molecule has 0 aliphatic heterocycles. The van der Waals surface area contributed by atoms with E-state index >= 15 is 0 Å². The minimum atomic E-state index is -3.22. The highest BCUT2D eigenvalue weighted by Gasteiger charge is 2.13. The van der Waals surface area contributed by atoms with Crippen molar-refractivity contribution in [3.63, 3.8) is 0 Å².